The maximum absolute atomic E-state index is 11.6. The molecule has 26 heavy (non-hydrogen) atoms. The van der Waals surface area contributed by atoms with Gasteiger partial charge in [0.25, 0.3) is 5.69 Å². The summed E-state index contributed by atoms with van der Waals surface area (Å²) in [6, 6.07) is 2.49. The van der Waals surface area contributed by atoms with Crippen LogP contribution in [-0.2, 0) is 11.3 Å². The van der Waals surface area contributed by atoms with E-state index >= 15 is 0 Å². The largest absolute Gasteiger partial charge is 0.481 e. The van der Waals surface area contributed by atoms with Gasteiger partial charge in [-0.15, -0.1) is 0 Å². The molecule has 0 saturated heterocycles. The molecule has 10 nitrogen and oxygen atoms in total. The van der Waals surface area contributed by atoms with Gasteiger partial charge in [0.1, 0.15) is 0 Å². The molecule has 0 unspecified atom stereocenters. The van der Waals surface area contributed by atoms with Crippen LogP contribution in [0.4, 0.5) is 5.69 Å². The van der Waals surface area contributed by atoms with Crippen molar-refractivity contribution in [3.05, 3.63) is 48.5 Å². The Morgan fingerprint density at radius 1 is 1.27 bits per heavy atom. The number of carboxylic acids is 1. The van der Waals surface area contributed by atoms with E-state index < -0.39 is 27.9 Å². The summed E-state index contributed by atoms with van der Waals surface area (Å²) in [7, 11) is 0. The van der Waals surface area contributed by atoms with Gasteiger partial charge in [-0.25, -0.2) is 0 Å². The number of non-ortho nitro benzene ring substituents is 1. The number of aliphatic carboxylic acids is 1. The van der Waals surface area contributed by atoms with Crippen LogP contribution in [0.5, 0.6) is 0 Å². The number of aromatic nitrogens is 2. The molecule has 1 saturated carbocycles. The predicted octanol–water partition coefficient (Wildman–Crippen LogP) is 0.858. The number of H-pyrrole nitrogens is 2. The number of carboxylic acid groups (broad SMARTS) is 1. The Morgan fingerprint density at radius 2 is 2.00 bits per heavy atom. The van der Waals surface area contributed by atoms with E-state index in [1.165, 1.54) is 12.1 Å². The van der Waals surface area contributed by atoms with Gasteiger partial charge in [0.05, 0.1) is 21.9 Å². The number of hydrogen-bond donors (Lipinski definition) is 4. The van der Waals surface area contributed by atoms with Crippen LogP contribution in [0.25, 0.3) is 11.0 Å². The van der Waals surface area contributed by atoms with Crippen LogP contribution in [0.15, 0.2) is 21.7 Å². The Kier molecular flexibility index (Phi) is 4.85. The molecule has 1 fully saturated rings. The van der Waals surface area contributed by atoms with Crippen LogP contribution in [0.2, 0.25) is 0 Å². The third-order valence-electron chi connectivity index (χ3n) is 4.71. The van der Waals surface area contributed by atoms with E-state index in [0.29, 0.717) is 23.9 Å². The Hall–Kier alpha value is -3.01. The Labute approximate surface area is 146 Å². The van der Waals surface area contributed by atoms with Crippen molar-refractivity contribution < 1.29 is 14.8 Å². The second-order valence-electron chi connectivity index (χ2n) is 6.47. The van der Waals surface area contributed by atoms with Gasteiger partial charge in [0.15, 0.2) is 0 Å². The first kappa shape index (κ1) is 17.8. The van der Waals surface area contributed by atoms with Crippen molar-refractivity contribution in [3.8, 4) is 0 Å². The fourth-order valence-electron chi connectivity index (χ4n) is 3.38. The van der Waals surface area contributed by atoms with E-state index in [1.807, 2.05) is 0 Å². The number of rotatable bonds is 5. The number of carbonyl (C=O) groups is 1. The van der Waals surface area contributed by atoms with Gasteiger partial charge in [-0.05, 0) is 24.8 Å². The third kappa shape index (κ3) is 3.64. The average Bonchev–Trinajstić information content (AvgIpc) is 2.60. The lowest BCUT2D eigenvalue weighted by Crippen LogP contribution is -2.36. The number of nitrogens with zero attached hydrogens (tertiary/aromatic N) is 1. The van der Waals surface area contributed by atoms with Crippen molar-refractivity contribution in [1.82, 2.24) is 15.3 Å². The van der Waals surface area contributed by atoms with Gasteiger partial charge in [-0.3, -0.25) is 24.5 Å². The van der Waals surface area contributed by atoms with Crippen LogP contribution >= 0.6 is 0 Å². The number of nitrogens with one attached hydrogen (secondary N) is 3. The number of aromatic amines is 2. The monoisotopic (exact) mass is 362 g/mol. The minimum absolute atomic E-state index is 0.0337. The van der Waals surface area contributed by atoms with Crippen molar-refractivity contribution in [3.63, 3.8) is 0 Å². The zero-order chi connectivity index (χ0) is 18.8. The molecule has 138 valence electrons. The second kappa shape index (κ2) is 7.08. The summed E-state index contributed by atoms with van der Waals surface area (Å²) in [5.74, 6) is -1.22. The molecule has 1 aromatic heterocycles. The highest BCUT2D eigenvalue weighted by Crippen LogP contribution is 2.26. The zero-order valence-corrected chi connectivity index (χ0v) is 13.8. The predicted molar refractivity (Wildman–Crippen MR) is 92.1 cm³/mol. The molecule has 0 aliphatic heterocycles. The van der Waals surface area contributed by atoms with Gasteiger partial charge < -0.3 is 20.4 Å². The lowest BCUT2D eigenvalue weighted by Gasteiger charge is -2.27. The van der Waals surface area contributed by atoms with Gasteiger partial charge in [0.2, 0.25) is 0 Å². The van der Waals surface area contributed by atoms with Gasteiger partial charge in [-0.2, -0.15) is 0 Å². The Morgan fingerprint density at radius 3 is 2.69 bits per heavy atom. The van der Waals surface area contributed by atoms with Crippen molar-refractivity contribution in [2.45, 2.75) is 38.3 Å². The highest BCUT2D eigenvalue weighted by Gasteiger charge is 2.26. The highest BCUT2D eigenvalue weighted by molar-refractivity contribution is 5.80. The first-order valence-corrected chi connectivity index (χ1v) is 8.25. The van der Waals surface area contributed by atoms with Crippen molar-refractivity contribution >= 4 is 22.7 Å². The fraction of sp³-hybridized carbons (Fsp3) is 0.438. The third-order valence-corrected chi connectivity index (χ3v) is 4.71. The molecule has 2 aromatic rings. The SMILES string of the molecule is O=C(O)[C@@H]1CCC[C@H](NCc2cc([N+](=O)[O-])cc3[nH]c(=O)c(=O)[nH]c23)C1. The molecular weight excluding hydrogens is 344 g/mol. The zero-order valence-electron chi connectivity index (χ0n) is 13.8. The average molecular weight is 362 g/mol. The molecule has 4 N–H and O–H groups in total. The van der Waals surface area contributed by atoms with Gasteiger partial charge in [0, 0.05) is 24.7 Å². The maximum atomic E-state index is 11.6. The van der Waals surface area contributed by atoms with E-state index in [4.69, 9.17) is 5.11 Å². The summed E-state index contributed by atoms with van der Waals surface area (Å²) < 4.78 is 0. The van der Waals surface area contributed by atoms with Crippen LogP contribution < -0.4 is 16.4 Å². The van der Waals surface area contributed by atoms with Crippen LogP contribution in [-0.4, -0.2) is 32.0 Å². The van der Waals surface area contributed by atoms with Crippen LogP contribution in [0.1, 0.15) is 31.2 Å². The van der Waals surface area contributed by atoms with Gasteiger partial charge >= 0.3 is 17.1 Å². The minimum atomic E-state index is -0.881. The summed E-state index contributed by atoms with van der Waals surface area (Å²) in [4.78, 5) is 49.6. The van der Waals surface area contributed by atoms with Crippen molar-refractivity contribution in [2.75, 3.05) is 0 Å². The van der Waals surface area contributed by atoms with E-state index in [2.05, 4.69) is 15.3 Å². The quantitative estimate of drug-likeness (QED) is 0.349. The van der Waals surface area contributed by atoms with E-state index in [-0.39, 0.29) is 23.8 Å². The molecule has 0 amide bonds. The number of nitro groups is 1. The molecule has 2 atom stereocenters. The first-order chi connectivity index (χ1) is 12.3. The second-order valence-corrected chi connectivity index (χ2v) is 6.47. The van der Waals surface area contributed by atoms with Gasteiger partial charge in [-0.1, -0.05) is 6.42 Å². The summed E-state index contributed by atoms with van der Waals surface area (Å²) >= 11 is 0. The lowest BCUT2D eigenvalue weighted by atomic mass is 9.85. The number of fused-ring (bicyclic) bond motifs is 1. The molecule has 1 aliphatic carbocycles. The summed E-state index contributed by atoms with van der Waals surface area (Å²) in [5, 5.41) is 23.5. The molecule has 3 rings (SSSR count). The van der Waals surface area contributed by atoms with Crippen LogP contribution in [0.3, 0.4) is 0 Å². The Bertz CT molecular complexity index is 979. The standard InChI is InChI=1S/C16H18N4O6/c21-14-15(22)19-13-9(5-11(20(25)26)6-12(13)18-14)7-17-10-3-1-2-8(4-10)16(23)24/h5-6,8,10,17H,1-4,7H2,(H,18,21)(H,19,22)(H,23,24)/t8-,10+/m1/s1. The summed E-state index contributed by atoms with van der Waals surface area (Å²) in [6.07, 6.45) is 2.72. The molecule has 1 aromatic carbocycles. The van der Waals surface area contributed by atoms with Crippen molar-refractivity contribution in [1.29, 1.82) is 0 Å². The lowest BCUT2D eigenvalue weighted by molar-refractivity contribution is -0.384. The fourth-order valence-corrected chi connectivity index (χ4v) is 3.38. The molecule has 0 bridgehead atoms. The molecule has 0 spiro atoms. The topological polar surface area (TPSA) is 158 Å². The smallest absolute Gasteiger partial charge is 0.314 e. The molecule has 1 heterocycles. The summed E-state index contributed by atoms with van der Waals surface area (Å²) in [5.41, 5.74) is -0.972. The van der Waals surface area contributed by atoms with E-state index in [1.54, 1.807) is 0 Å². The summed E-state index contributed by atoms with van der Waals surface area (Å²) in [6.45, 7) is 0.206. The van der Waals surface area contributed by atoms with Crippen LogP contribution in [0, 0.1) is 16.0 Å². The molecular formula is C16H18N4O6. The number of nitro benzene ring substituents is 1. The number of benzene rings is 1. The molecule has 10 heteroatoms. The molecule has 0 radical (unpaired) electrons. The van der Waals surface area contributed by atoms with E-state index in [9.17, 15) is 24.5 Å². The minimum Gasteiger partial charge on any atom is -0.481 e. The highest BCUT2D eigenvalue weighted by atomic mass is 16.6. The van der Waals surface area contributed by atoms with E-state index in [0.717, 1.165) is 12.8 Å². The maximum Gasteiger partial charge on any atom is 0.314 e. The molecule has 1 aliphatic rings. The Balaban J connectivity index is 1.90. The normalized spacial score (nSPS) is 20.2. The first-order valence-electron chi connectivity index (χ1n) is 8.25. The number of hydrogen-bond acceptors (Lipinski definition) is 6. The van der Waals surface area contributed by atoms with Crippen molar-refractivity contribution in [2.24, 2.45) is 5.92 Å².